The lowest BCUT2D eigenvalue weighted by atomic mass is 9.92. The van der Waals surface area contributed by atoms with E-state index in [4.69, 9.17) is 9.73 Å². The van der Waals surface area contributed by atoms with E-state index in [1.165, 1.54) is 22.3 Å². The monoisotopic (exact) mass is 483 g/mol. The summed E-state index contributed by atoms with van der Waals surface area (Å²) in [6, 6.07) is 11.0. The summed E-state index contributed by atoms with van der Waals surface area (Å²) in [7, 11) is 5.97. The average molecular weight is 484 g/mol. The minimum absolute atomic E-state index is 0.786. The number of nitrogens with zero attached hydrogens (tertiary/aromatic N) is 3. The summed E-state index contributed by atoms with van der Waals surface area (Å²) in [4.78, 5) is 11.7. The predicted octanol–water partition coefficient (Wildman–Crippen LogP) is 8.15. The number of hydrogen-bond donors (Lipinski definition) is 0. The summed E-state index contributed by atoms with van der Waals surface area (Å²) in [5.74, 6) is 0.786. The van der Waals surface area contributed by atoms with Crippen molar-refractivity contribution in [2.75, 3.05) is 27.7 Å². The first-order valence-electron chi connectivity index (χ1n) is 12.9. The summed E-state index contributed by atoms with van der Waals surface area (Å²) in [6.07, 6.45) is 13.1. The van der Waals surface area contributed by atoms with E-state index in [1.54, 1.807) is 7.11 Å². The second-order valence-electron chi connectivity index (χ2n) is 9.60. The molecule has 0 bridgehead atoms. The molecule has 2 aromatic rings. The van der Waals surface area contributed by atoms with Crippen LogP contribution in [-0.4, -0.2) is 44.6 Å². The van der Waals surface area contributed by atoms with Crippen LogP contribution in [0, 0.1) is 0 Å². The van der Waals surface area contributed by atoms with Gasteiger partial charge in [-0.2, -0.15) is 0 Å². The number of aliphatic imine (C=N–C) groups is 2. The minimum atomic E-state index is 0.786. The Kier molecular flexibility index (Phi) is 10.0. The molecule has 4 heteroatoms. The first kappa shape index (κ1) is 27.3. The summed E-state index contributed by atoms with van der Waals surface area (Å²) >= 11 is 0. The lowest BCUT2D eigenvalue weighted by Crippen LogP contribution is -2.12. The van der Waals surface area contributed by atoms with Crippen LogP contribution in [0.5, 0.6) is 5.75 Å². The lowest BCUT2D eigenvalue weighted by molar-refractivity contribution is 0.402. The first-order valence-corrected chi connectivity index (χ1v) is 12.9. The second kappa shape index (κ2) is 13.2. The van der Waals surface area contributed by atoms with Crippen molar-refractivity contribution in [2.45, 2.75) is 52.9 Å². The van der Waals surface area contributed by atoms with Crippen LogP contribution in [0.15, 0.2) is 64.7 Å². The van der Waals surface area contributed by atoms with E-state index in [9.17, 15) is 0 Å². The van der Waals surface area contributed by atoms with E-state index in [2.05, 4.69) is 87.7 Å². The molecule has 0 aromatic heterocycles. The molecule has 0 saturated carbocycles. The number of rotatable bonds is 11. The van der Waals surface area contributed by atoms with Crippen LogP contribution in [0.25, 0.3) is 22.8 Å². The fourth-order valence-electron chi connectivity index (χ4n) is 4.48. The van der Waals surface area contributed by atoms with Gasteiger partial charge in [-0.15, -0.1) is 0 Å². The Morgan fingerprint density at radius 1 is 1.19 bits per heavy atom. The van der Waals surface area contributed by atoms with E-state index >= 15 is 0 Å². The van der Waals surface area contributed by atoms with Crippen molar-refractivity contribution in [3.05, 3.63) is 71.5 Å². The standard InChI is InChI=1S/C32H41N3O/c1-8-25-15-16-26(9-2)30(19-25)28-20-29(23(3)13-10-11-18-35(5)6)32(31(21-28)36-7)34-24(4)27-14-12-17-33-22-27/h8,13,15-17,19-22H,1,9-12,14,18H2,2-7H3. The number of allylic oxidation sites excluding steroid dienone is 3. The van der Waals surface area contributed by atoms with Crippen LogP contribution in [0.4, 0.5) is 5.69 Å². The third-order valence-electron chi connectivity index (χ3n) is 6.66. The van der Waals surface area contributed by atoms with Gasteiger partial charge in [-0.25, -0.2) is 4.99 Å². The number of hydrogen-bond acceptors (Lipinski definition) is 4. The molecule has 3 rings (SSSR count). The molecule has 0 amide bonds. The van der Waals surface area contributed by atoms with E-state index in [0.717, 1.165) is 72.5 Å². The van der Waals surface area contributed by atoms with Crippen molar-refractivity contribution in [3.63, 3.8) is 0 Å². The Bertz CT molecular complexity index is 1200. The number of unbranched alkanes of at least 4 members (excludes halogenated alkanes) is 1. The Labute approximate surface area is 217 Å². The quantitative estimate of drug-likeness (QED) is 0.239. The maximum Gasteiger partial charge on any atom is 0.145 e. The molecule has 4 nitrogen and oxygen atoms in total. The lowest BCUT2D eigenvalue weighted by Gasteiger charge is -2.18. The fourth-order valence-corrected chi connectivity index (χ4v) is 4.48. The second-order valence-corrected chi connectivity index (χ2v) is 9.60. The van der Waals surface area contributed by atoms with Gasteiger partial charge in [-0.05, 0) is 118 Å². The zero-order valence-electron chi connectivity index (χ0n) is 22.9. The molecule has 1 aliphatic heterocycles. The van der Waals surface area contributed by atoms with Gasteiger partial charge in [-0.3, -0.25) is 4.99 Å². The van der Waals surface area contributed by atoms with Gasteiger partial charge in [0.2, 0.25) is 0 Å². The summed E-state index contributed by atoms with van der Waals surface area (Å²) in [5.41, 5.74) is 10.1. The van der Waals surface area contributed by atoms with Crippen molar-refractivity contribution in [2.24, 2.45) is 9.98 Å². The first-order chi connectivity index (χ1) is 17.4. The molecule has 0 N–H and O–H groups in total. The van der Waals surface area contributed by atoms with Gasteiger partial charge < -0.3 is 9.64 Å². The van der Waals surface area contributed by atoms with Crippen LogP contribution in [0.1, 0.15) is 63.1 Å². The van der Waals surface area contributed by atoms with Crippen LogP contribution in [0.3, 0.4) is 0 Å². The van der Waals surface area contributed by atoms with E-state index < -0.39 is 0 Å². The van der Waals surface area contributed by atoms with E-state index in [1.807, 2.05) is 18.5 Å². The molecule has 0 radical (unpaired) electrons. The molecule has 0 fully saturated rings. The van der Waals surface area contributed by atoms with Crippen LogP contribution in [0.2, 0.25) is 0 Å². The number of aryl methyl sites for hydroxylation is 1. The molecule has 2 aromatic carbocycles. The van der Waals surface area contributed by atoms with Gasteiger partial charge in [0.15, 0.2) is 0 Å². The van der Waals surface area contributed by atoms with Gasteiger partial charge >= 0.3 is 0 Å². The minimum Gasteiger partial charge on any atom is -0.494 e. The topological polar surface area (TPSA) is 37.2 Å². The van der Waals surface area contributed by atoms with Crippen LogP contribution >= 0.6 is 0 Å². The smallest absolute Gasteiger partial charge is 0.145 e. The van der Waals surface area contributed by atoms with E-state index in [-0.39, 0.29) is 0 Å². The highest BCUT2D eigenvalue weighted by molar-refractivity contribution is 6.02. The molecule has 1 heterocycles. The molecule has 0 unspecified atom stereocenters. The largest absolute Gasteiger partial charge is 0.494 e. The average Bonchev–Trinajstić information content (AvgIpc) is 2.90. The van der Waals surface area contributed by atoms with Crippen molar-refractivity contribution in [1.82, 2.24) is 4.90 Å². The molecular weight excluding hydrogens is 442 g/mol. The van der Waals surface area contributed by atoms with Crippen molar-refractivity contribution < 1.29 is 4.74 Å². The number of ether oxygens (including phenoxy) is 1. The summed E-state index contributed by atoms with van der Waals surface area (Å²) in [6.45, 7) is 11.5. The molecule has 0 aliphatic carbocycles. The Morgan fingerprint density at radius 3 is 2.64 bits per heavy atom. The highest BCUT2D eigenvalue weighted by atomic mass is 16.5. The SMILES string of the molecule is C=Cc1ccc(CC)c(-c2cc(OC)c(N=C(C)C3=CN=CCC3)c(C(C)=CCCCN(C)C)c2)c1. The van der Waals surface area contributed by atoms with Gasteiger partial charge in [0.05, 0.1) is 7.11 Å². The van der Waals surface area contributed by atoms with Crippen molar-refractivity contribution in [3.8, 4) is 16.9 Å². The van der Waals surface area contributed by atoms with Crippen molar-refractivity contribution >= 4 is 29.3 Å². The number of benzene rings is 2. The molecule has 36 heavy (non-hydrogen) atoms. The Hall–Kier alpha value is -3.24. The van der Waals surface area contributed by atoms with E-state index in [0.29, 0.717) is 0 Å². The van der Waals surface area contributed by atoms with Gasteiger partial charge in [0, 0.05) is 23.7 Å². The van der Waals surface area contributed by atoms with Crippen LogP contribution in [-0.2, 0) is 6.42 Å². The maximum absolute atomic E-state index is 5.96. The maximum atomic E-state index is 5.96. The molecule has 0 spiro atoms. The summed E-state index contributed by atoms with van der Waals surface area (Å²) in [5, 5.41) is 0. The molecule has 1 aliphatic rings. The number of methoxy groups -OCH3 is 1. The zero-order chi connectivity index (χ0) is 26.1. The predicted molar refractivity (Wildman–Crippen MR) is 158 cm³/mol. The highest BCUT2D eigenvalue weighted by Gasteiger charge is 2.17. The Balaban J connectivity index is 2.18. The fraction of sp³-hybridized carbons (Fsp3) is 0.375. The third-order valence-corrected chi connectivity index (χ3v) is 6.66. The Morgan fingerprint density at radius 2 is 2.00 bits per heavy atom. The molecule has 190 valence electrons. The van der Waals surface area contributed by atoms with Gasteiger partial charge in [0.25, 0.3) is 0 Å². The summed E-state index contributed by atoms with van der Waals surface area (Å²) < 4.78 is 5.96. The van der Waals surface area contributed by atoms with Gasteiger partial charge in [0.1, 0.15) is 11.4 Å². The normalized spacial score (nSPS) is 14.2. The zero-order valence-corrected chi connectivity index (χ0v) is 22.9. The molecular formula is C32H41N3O. The third kappa shape index (κ3) is 6.92. The van der Waals surface area contributed by atoms with Crippen molar-refractivity contribution in [1.29, 1.82) is 0 Å². The highest BCUT2D eigenvalue weighted by Crippen LogP contribution is 2.41. The molecule has 0 atom stereocenters. The molecule has 0 saturated heterocycles. The van der Waals surface area contributed by atoms with Crippen LogP contribution < -0.4 is 4.74 Å². The van der Waals surface area contributed by atoms with Gasteiger partial charge in [-0.1, -0.05) is 37.8 Å².